The lowest BCUT2D eigenvalue weighted by Crippen LogP contribution is -2.44. The number of amides is 2. The van der Waals surface area contributed by atoms with Crippen LogP contribution in [0.2, 0.25) is 0 Å². The zero-order chi connectivity index (χ0) is 17.4. The molecule has 24 heavy (non-hydrogen) atoms. The maximum atomic E-state index is 12.3. The molecule has 0 radical (unpaired) electrons. The lowest BCUT2D eigenvalue weighted by Gasteiger charge is -2.28. The van der Waals surface area contributed by atoms with Crippen molar-refractivity contribution in [2.75, 3.05) is 39.4 Å². The summed E-state index contributed by atoms with van der Waals surface area (Å²) < 4.78 is 10.7. The number of carbonyl (C=O) groups is 1. The fourth-order valence-corrected chi connectivity index (χ4v) is 2.93. The van der Waals surface area contributed by atoms with E-state index in [9.17, 15) is 4.79 Å². The third-order valence-corrected chi connectivity index (χ3v) is 4.44. The van der Waals surface area contributed by atoms with Crippen molar-refractivity contribution in [1.82, 2.24) is 25.7 Å². The highest BCUT2D eigenvalue weighted by Gasteiger charge is 2.31. The van der Waals surface area contributed by atoms with E-state index in [1.54, 1.807) is 6.92 Å². The Bertz CT molecular complexity index is 498. The maximum Gasteiger partial charge on any atom is 0.315 e. The van der Waals surface area contributed by atoms with Gasteiger partial charge in [0.1, 0.15) is 6.04 Å². The van der Waals surface area contributed by atoms with Gasteiger partial charge in [0.2, 0.25) is 5.89 Å². The molecule has 1 fully saturated rings. The van der Waals surface area contributed by atoms with E-state index in [0.717, 1.165) is 32.5 Å². The highest BCUT2D eigenvalue weighted by molar-refractivity contribution is 5.74. The van der Waals surface area contributed by atoms with Crippen molar-refractivity contribution in [2.45, 2.75) is 39.7 Å². The molecular weight excluding hydrogens is 310 g/mol. The van der Waals surface area contributed by atoms with Crippen molar-refractivity contribution in [2.24, 2.45) is 5.92 Å². The summed E-state index contributed by atoms with van der Waals surface area (Å²) in [5.41, 5.74) is 0. The Balaban J connectivity index is 1.91. The van der Waals surface area contributed by atoms with Crippen LogP contribution in [-0.4, -0.2) is 60.5 Å². The molecule has 2 N–H and O–H groups in total. The summed E-state index contributed by atoms with van der Waals surface area (Å²) in [7, 11) is 0. The lowest BCUT2D eigenvalue weighted by molar-refractivity contribution is 0.0503. The molecule has 0 unspecified atom stereocenters. The molecule has 1 atom stereocenters. The van der Waals surface area contributed by atoms with Gasteiger partial charge >= 0.3 is 6.03 Å². The molecule has 2 rings (SSSR count). The van der Waals surface area contributed by atoms with Gasteiger partial charge in [-0.05, 0) is 38.8 Å². The highest BCUT2D eigenvalue weighted by Crippen LogP contribution is 2.29. The maximum absolute atomic E-state index is 12.3. The summed E-state index contributed by atoms with van der Waals surface area (Å²) in [6, 6.07) is -0.474. The molecule has 2 heterocycles. The van der Waals surface area contributed by atoms with Gasteiger partial charge in [-0.15, -0.1) is 0 Å². The van der Waals surface area contributed by atoms with Crippen LogP contribution in [0.1, 0.15) is 44.4 Å². The van der Waals surface area contributed by atoms with Gasteiger partial charge in [0, 0.05) is 26.3 Å². The molecule has 1 saturated heterocycles. The van der Waals surface area contributed by atoms with Crippen LogP contribution in [0, 0.1) is 12.8 Å². The second-order valence-corrected chi connectivity index (χ2v) is 6.03. The average molecular weight is 339 g/mol. The second kappa shape index (κ2) is 9.58. The van der Waals surface area contributed by atoms with Crippen molar-refractivity contribution in [3.8, 4) is 0 Å². The number of likely N-dealkylation sites (N-methyl/N-ethyl adjacent to an activating group) is 1. The first-order chi connectivity index (χ1) is 11.6. The van der Waals surface area contributed by atoms with Crippen molar-refractivity contribution in [1.29, 1.82) is 0 Å². The Morgan fingerprint density at radius 1 is 1.33 bits per heavy atom. The Hall–Kier alpha value is -1.67. The fourth-order valence-electron chi connectivity index (χ4n) is 2.93. The molecule has 2 amide bonds. The molecule has 8 nitrogen and oxygen atoms in total. The van der Waals surface area contributed by atoms with Gasteiger partial charge in [0.25, 0.3) is 0 Å². The predicted octanol–water partition coefficient (Wildman–Crippen LogP) is 1.49. The van der Waals surface area contributed by atoms with E-state index in [1.807, 2.05) is 0 Å². The first-order valence-corrected chi connectivity index (χ1v) is 8.78. The van der Waals surface area contributed by atoms with Gasteiger partial charge < -0.3 is 24.8 Å². The normalized spacial score (nSPS) is 17.0. The third kappa shape index (κ3) is 5.45. The number of nitrogens with zero attached hydrogens (tertiary/aromatic N) is 3. The number of hydrogen-bond acceptors (Lipinski definition) is 6. The molecule has 0 aromatic carbocycles. The first kappa shape index (κ1) is 18.7. The van der Waals surface area contributed by atoms with Crippen LogP contribution in [-0.2, 0) is 4.74 Å². The van der Waals surface area contributed by atoms with Gasteiger partial charge in [-0.25, -0.2) is 4.79 Å². The Kier molecular flexibility index (Phi) is 7.45. The minimum Gasteiger partial charge on any atom is -0.381 e. The van der Waals surface area contributed by atoms with E-state index >= 15 is 0 Å². The molecule has 0 spiro atoms. The molecule has 1 aromatic heterocycles. The highest BCUT2D eigenvalue weighted by atomic mass is 16.5. The average Bonchev–Trinajstić information content (AvgIpc) is 3.03. The summed E-state index contributed by atoms with van der Waals surface area (Å²) >= 11 is 0. The summed E-state index contributed by atoms with van der Waals surface area (Å²) in [6.07, 6.45) is 1.73. The number of ether oxygens (including phenoxy) is 1. The van der Waals surface area contributed by atoms with Crippen LogP contribution >= 0.6 is 0 Å². The van der Waals surface area contributed by atoms with Crippen molar-refractivity contribution >= 4 is 6.03 Å². The van der Waals surface area contributed by atoms with Crippen LogP contribution in [0.15, 0.2) is 4.52 Å². The molecular formula is C16H29N5O3. The summed E-state index contributed by atoms with van der Waals surface area (Å²) in [4.78, 5) is 18.8. The standard InChI is InChI=1S/C16H29N5O3/c1-4-21(5-2)9-8-17-16(22)19-14(13-6-10-23-11-7-13)15-18-12(3)20-24-15/h13-14H,4-11H2,1-3H3,(H2,17,19,22)/t14-/m0/s1. The van der Waals surface area contributed by atoms with E-state index in [0.29, 0.717) is 31.5 Å². The Morgan fingerprint density at radius 2 is 2.04 bits per heavy atom. The lowest BCUT2D eigenvalue weighted by atomic mass is 9.91. The number of hydrogen-bond donors (Lipinski definition) is 2. The van der Waals surface area contributed by atoms with E-state index in [2.05, 4.69) is 39.5 Å². The monoisotopic (exact) mass is 339 g/mol. The molecule has 1 aliphatic rings. The van der Waals surface area contributed by atoms with E-state index < -0.39 is 0 Å². The van der Waals surface area contributed by atoms with Gasteiger partial charge in [0.05, 0.1) is 0 Å². The summed E-state index contributed by atoms with van der Waals surface area (Å²) in [5.74, 6) is 1.29. The zero-order valence-electron chi connectivity index (χ0n) is 14.9. The van der Waals surface area contributed by atoms with Crippen LogP contribution < -0.4 is 10.6 Å². The van der Waals surface area contributed by atoms with Crippen molar-refractivity contribution < 1.29 is 14.1 Å². The minimum atomic E-state index is -0.274. The summed E-state index contributed by atoms with van der Waals surface area (Å²) in [6.45, 7) is 10.8. The number of urea groups is 1. The largest absolute Gasteiger partial charge is 0.381 e. The quantitative estimate of drug-likeness (QED) is 0.745. The SMILES string of the molecule is CCN(CC)CCNC(=O)N[C@H](c1nc(C)no1)C1CCOCC1. The second-order valence-electron chi connectivity index (χ2n) is 6.03. The van der Waals surface area contributed by atoms with Crippen LogP contribution in [0.3, 0.4) is 0 Å². The Labute approximate surface area is 143 Å². The molecule has 1 aromatic rings. The Morgan fingerprint density at radius 3 is 2.62 bits per heavy atom. The van der Waals surface area contributed by atoms with Crippen LogP contribution in [0.4, 0.5) is 4.79 Å². The third-order valence-electron chi connectivity index (χ3n) is 4.44. The number of nitrogens with one attached hydrogen (secondary N) is 2. The van der Waals surface area contributed by atoms with Gasteiger partial charge in [0.15, 0.2) is 5.82 Å². The van der Waals surface area contributed by atoms with Gasteiger partial charge in [-0.1, -0.05) is 19.0 Å². The van der Waals surface area contributed by atoms with Crippen LogP contribution in [0.25, 0.3) is 0 Å². The van der Waals surface area contributed by atoms with E-state index in [1.165, 1.54) is 0 Å². The van der Waals surface area contributed by atoms with Crippen molar-refractivity contribution in [3.63, 3.8) is 0 Å². The molecule has 0 bridgehead atoms. The molecule has 0 aliphatic carbocycles. The number of aromatic nitrogens is 2. The van der Waals surface area contributed by atoms with E-state index in [-0.39, 0.29) is 18.0 Å². The topological polar surface area (TPSA) is 92.5 Å². The molecule has 1 aliphatic heterocycles. The van der Waals surface area contributed by atoms with Crippen molar-refractivity contribution in [3.05, 3.63) is 11.7 Å². The van der Waals surface area contributed by atoms with Gasteiger partial charge in [-0.2, -0.15) is 4.98 Å². The first-order valence-electron chi connectivity index (χ1n) is 8.78. The fraction of sp³-hybridized carbons (Fsp3) is 0.812. The van der Waals surface area contributed by atoms with Crippen LogP contribution in [0.5, 0.6) is 0 Å². The molecule has 8 heteroatoms. The minimum absolute atomic E-state index is 0.200. The molecule has 136 valence electrons. The van der Waals surface area contributed by atoms with Gasteiger partial charge in [-0.3, -0.25) is 0 Å². The molecule has 0 saturated carbocycles. The number of rotatable bonds is 8. The number of carbonyl (C=O) groups excluding carboxylic acids is 1. The smallest absolute Gasteiger partial charge is 0.315 e. The van der Waals surface area contributed by atoms with E-state index in [4.69, 9.17) is 9.26 Å². The summed E-state index contributed by atoms with van der Waals surface area (Å²) in [5, 5.41) is 9.77. The zero-order valence-corrected chi connectivity index (χ0v) is 14.9. The predicted molar refractivity (Wildman–Crippen MR) is 89.6 cm³/mol. The number of aryl methyl sites for hydroxylation is 1.